The van der Waals surface area contributed by atoms with Crippen LogP contribution < -0.4 is 5.32 Å². The number of hydrogen-bond acceptors (Lipinski definition) is 6. The Kier molecular flexibility index (Phi) is 4.44. The summed E-state index contributed by atoms with van der Waals surface area (Å²) in [4.78, 5) is 7.86. The molecule has 1 atom stereocenters. The molecule has 0 amide bonds. The molecule has 0 bridgehead atoms. The van der Waals surface area contributed by atoms with E-state index in [4.69, 9.17) is 4.52 Å². The van der Waals surface area contributed by atoms with E-state index in [1.165, 1.54) is 19.3 Å². The van der Waals surface area contributed by atoms with Gasteiger partial charge in [-0.15, -0.1) is 11.3 Å². The molecule has 5 nitrogen and oxygen atoms in total. The molecule has 3 heterocycles. The number of nitrogens with zero attached hydrogens (tertiary/aromatic N) is 3. The molecular weight excluding hydrogens is 272 g/mol. The summed E-state index contributed by atoms with van der Waals surface area (Å²) in [7, 11) is 2.15. The van der Waals surface area contributed by atoms with E-state index >= 15 is 0 Å². The smallest absolute Gasteiger partial charge is 0.268 e. The van der Waals surface area contributed by atoms with E-state index in [0.29, 0.717) is 11.9 Å². The zero-order valence-corrected chi connectivity index (χ0v) is 12.5. The van der Waals surface area contributed by atoms with Crippen LogP contribution in [0, 0.1) is 0 Å². The van der Waals surface area contributed by atoms with Crippen molar-refractivity contribution in [1.82, 2.24) is 20.4 Å². The first-order valence-electron chi connectivity index (χ1n) is 7.10. The maximum absolute atomic E-state index is 5.33. The minimum absolute atomic E-state index is 0.605. The molecule has 0 aromatic carbocycles. The molecule has 1 aliphatic rings. The standard InChI is InChI=1S/C14H20N4OS/c1-18(11-4-2-7-15-8-6-11)10-13-16-14(19-17-13)12-5-3-9-20-12/h3,5,9,11,15H,2,4,6-8,10H2,1H3. The van der Waals surface area contributed by atoms with Crippen LogP contribution in [0.5, 0.6) is 0 Å². The Morgan fingerprint density at radius 3 is 3.25 bits per heavy atom. The van der Waals surface area contributed by atoms with Crippen LogP contribution in [0.15, 0.2) is 22.0 Å². The fourth-order valence-electron chi connectivity index (χ4n) is 2.61. The number of thiophene rings is 1. The quantitative estimate of drug-likeness (QED) is 0.937. The average Bonchev–Trinajstić information content (AvgIpc) is 3.05. The molecule has 0 aliphatic carbocycles. The fourth-order valence-corrected chi connectivity index (χ4v) is 3.26. The predicted molar refractivity (Wildman–Crippen MR) is 79.6 cm³/mol. The lowest BCUT2D eigenvalue weighted by Crippen LogP contribution is -2.32. The third-order valence-corrected chi connectivity index (χ3v) is 4.62. The predicted octanol–water partition coefficient (Wildman–Crippen LogP) is 2.37. The van der Waals surface area contributed by atoms with Gasteiger partial charge < -0.3 is 9.84 Å². The van der Waals surface area contributed by atoms with Crippen molar-refractivity contribution in [3.8, 4) is 10.8 Å². The molecule has 20 heavy (non-hydrogen) atoms. The first-order valence-corrected chi connectivity index (χ1v) is 7.98. The normalized spacial score (nSPS) is 20.2. The van der Waals surface area contributed by atoms with Crippen LogP contribution in [-0.4, -0.2) is 41.2 Å². The highest BCUT2D eigenvalue weighted by Crippen LogP contribution is 2.23. The first-order chi connectivity index (χ1) is 9.83. The fraction of sp³-hybridized carbons (Fsp3) is 0.571. The van der Waals surface area contributed by atoms with Crippen molar-refractivity contribution in [1.29, 1.82) is 0 Å². The van der Waals surface area contributed by atoms with E-state index in [0.717, 1.165) is 30.3 Å². The maximum Gasteiger partial charge on any atom is 0.268 e. The van der Waals surface area contributed by atoms with Crippen LogP contribution in [0.2, 0.25) is 0 Å². The lowest BCUT2D eigenvalue weighted by Gasteiger charge is -2.25. The molecular formula is C14H20N4OS. The van der Waals surface area contributed by atoms with Crippen LogP contribution >= 0.6 is 11.3 Å². The van der Waals surface area contributed by atoms with E-state index in [1.807, 2.05) is 17.5 Å². The molecule has 6 heteroatoms. The molecule has 3 rings (SSSR count). The summed E-state index contributed by atoms with van der Waals surface area (Å²) in [6, 6.07) is 4.60. The van der Waals surface area contributed by atoms with Gasteiger partial charge in [0.15, 0.2) is 5.82 Å². The van der Waals surface area contributed by atoms with Crippen LogP contribution in [0.1, 0.15) is 25.1 Å². The van der Waals surface area contributed by atoms with Gasteiger partial charge in [-0.2, -0.15) is 4.98 Å². The van der Waals surface area contributed by atoms with E-state index in [2.05, 4.69) is 27.4 Å². The van der Waals surface area contributed by atoms with Gasteiger partial charge in [0, 0.05) is 6.04 Å². The Morgan fingerprint density at radius 1 is 1.45 bits per heavy atom. The zero-order valence-electron chi connectivity index (χ0n) is 11.7. The summed E-state index contributed by atoms with van der Waals surface area (Å²) in [5, 5.41) is 9.55. The third kappa shape index (κ3) is 3.26. The van der Waals surface area contributed by atoms with Crippen LogP contribution in [0.25, 0.3) is 10.8 Å². The second kappa shape index (κ2) is 6.47. The van der Waals surface area contributed by atoms with E-state index in [9.17, 15) is 0 Å². The lowest BCUT2D eigenvalue weighted by molar-refractivity contribution is 0.209. The molecule has 1 fully saturated rings. The minimum Gasteiger partial charge on any atom is -0.333 e. The molecule has 0 radical (unpaired) electrons. The Bertz CT molecular complexity index is 517. The summed E-state index contributed by atoms with van der Waals surface area (Å²) >= 11 is 1.62. The number of nitrogens with one attached hydrogen (secondary N) is 1. The molecule has 0 saturated carbocycles. The summed E-state index contributed by atoms with van der Waals surface area (Å²) < 4.78 is 5.33. The second-order valence-electron chi connectivity index (χ2n) is 5.24. The summed E-state index contributed by atoms with van der Waals surface area (Å²) in [6.45, 7) is 2.98. The van der Waals surface area contributed by atoms with Crippen molar-refractivity contribution in [2.45, 2.75) is 31.8 Å². The average molecular weight is 292 g/mol. The zero-order chi connectivity index (χ0) is 13.8. The second-order valence-corrected chi connectivity index (χ2v) is 6.19. The Balaban J connectivity index is 1.62. The van der Waals surface area contributed by atoms with Gasteiger partial charge in [-0.3, -0.25) is 4.90 Å². The van der Waals surface area contributed by atoms with Crippen molar-refractivity contribution in [2.24, 2.45) is 0 Å². The van der Waals surface area contributed by atoms with Crippen LogP contribution in [-0.2, 0) is 6.54 Å². The van der Waals surface area contributed by atoms with E-state index < -0.39 is 0 Å². The van der Waals surface area contributed by atoms with E-state index in [-0.39, 0.29) is 0 Å². The Morgan fingerprint density at radius 2 is 2.40 bits per heavy atom. The summed E-state index contributed by atoms with van der Waals surface area (Å²) in [6.07, 6.45) is 3.66. The van der Waals surface area contributed by atoms with E-state index in [1.54, 1.807) is 11.3 Å². The number of rotatable bonds is 4. The Labute approximate surface area is 123 Å². The highest BCUT2D eigenvalue weighted by atomic mass is 32.1. The van der Waals surface area contributed by atoms with Gasteiger partial charge in [0.2, 0.25) is 0 Å². The molecule has 1 saturated heterocycles. The summed E-state index contributed by atoms with van der Waals surface area (Å²) in [5.74, 6) is 1.40. The SMILES string of the molecule is CN(Cc1noc(-c2cccs2)n1)C1CCCNCC1. The van der Waals surface area contributed by atoms with Crippen molar-refractivity contribution < 1.29 is 4.52 Å². The van der Waals surface area contributed by atoms with Crippen LogP contribution in [0.3, 0.4) is 0 Å². The van der Waals surface area contributed by atoms with Crippen molar-refractivity contribution in [3.05, 3.63) is 23.3 Å². The lowest BCUT2D eigenvalue weighted by atomic mass is 10.1. The van der Waals surface area contributed by atoms with Crippen molar-refractivity contribution >= 4 is 11.3 Å². The summed E-state index contributed by atoms with van der Waals surface area (Å²) in [5.41, 5.74) is 0. The molecule has 1 aliphatic heterocycles. The van der Waals surface area contributed by atoms with Crippen molar-refractivity contribution in [2.75, 3.05) is 20.1 Å². The van der Waals surface area contributed by atoms with Gasteiger partial charge >= 0.3 is 0 Å². The molecule has 2 aromatic rings. The highest BCUT2D eigenvalue weighted by Gasteiger charge is 2.19. The monoisotopic (exact) mass is 292 g/mol. The molecule has 108 valence electrons. The molecule has 2 aromatic heterocycles. The maximum atomic E-state index is 5.33. The highest BCUT2D eigenvalue weighted by molar-refractivity contribution is 7.13. The van der Waals surface area contributed by atoms with Gasteiger partial charge in [0.1, 0.15) is 0 Å². The van der Waals surface area contributed by atoms with Crippen molar-refractivity contribution in [3.63, 3.8) is 0 Å². The number of hydrogen-bond donors (Lipinski definition) is 1. The number of aromatic nitrogens is 2. The largest absolute Gasteiger partial charge is 0.333 e. The molecule has 1 N–H and O–H groups in total. The van der Waals surface area contributed by atoms with Gasteiger partial charge in [-0.05, 0) is 50.8 Å². The van der Waals surface area contributed by atoms with Gasteiger partial charge in [0.05, 0.1) is 11.4 Å². The molecule has 1 unspecified atom stereocenters. The van der Waals surface area contributed by atoms with Gasteiger partial charge in [-0.1, -0.05) is 11.2 Å². The topological polar surface area (TPSA) is 54.2 Å². The first kappa shape index (κ1) is 13.7. The Hall–Kier alpha value is -1.24. The van der Waals surface area contributed by atoms with Gasteiger partial charge in [-0.25, -0.2) is 0 Å². The third-order valence-electron chi connectivity index (χ3n) is 3.76. The van der Waals surface area contributed by atoms with Crippen LogP contribution in [0.4, 0.5) is 0 Å². The minimum atomic E-state index is 0.605. The van der Waals surface area contributed by atoms with Gasteiger partial charge in [0.25, 0.3) is 5.89 Å². The molecule has 0 spiro atoms.